The molecular formula is C18H22N2O4S. The summed E-state index contributed by atoms with van der Waals surface area (Å²) in [6, 6.07) is 15.5. The average molecular weight is 362 g/mol. The first-order chi connectivity index (χ1) is 12.0. The molecule has 134 valence electrons. The van der Waals surface area contributed by atoms with Crippen LogP contribution in [0.4, 0.5) is 5.69 Å². The van der Waals surface area contributed by atoms with Gasteiger partial charge in [0.05, 0.1) is 24.5 Å². The van der Waals surface area contributed by atoms with Crippen molar-refractivity contribution in [3.63, 3.8) is 0 Å². The Morgan fingerprint density at radius 2 is 1.68 bits per heavy atom. The van der Waals surface area contributed by atoms with Crippen LogP contribution in [-0.4, -0.2) is 38.2 Å². The van der Waals surface area contributed by atoms with Crippen LogP contribution in [0.3, 0.4) is 0 Å². The van der Waals surface area contributed by atoms with Gasteiger partial charge >= 0.3 is 0 Å². The summed E-state index contributed by atoms with van der Waals surface area (Å²) in [5, 5.41) is 8.95. The third kappa shape index (κ3) is 5.12. The largest absolute Gasteiger partial charge is 0.396 e. The Labute approximate surface area is 147 Å². The summed E-state index contributed by atoms with van der Waals surface area (Å²) in [7, 11) is -3.58. The fourth-order valence-electron chi connectivity index (χ4n) is 2.38. The number of nitrogens with two attached hydrogens (primary N) is 1. The molecule has 6 nitrogen and oxygen atoms in total. The molecule has 0 fully saturated rings. The lowest BCUT2D eigenvalue weighted by molar-refractivity contribution is 0.100. The summed E-state index contributed by atoms with van der Waals surface area (Å²) in [5.74, 6) is -0.302. The number of Topliss-reactive ketones (excluding diaryl/α,β-unsaturated/α-hetero) is 1. The minimum Gasteiger partial charge on any atom is -0.396 e. The molecule has 0 unspecified atom stereocenters. The maximum absolute atomic E-state index is 12.7. The Balaban J connectivity index is 2.29. The highest BCUT2D eigenvalue weighted by Gasteiger charge is 2.22. The monoisotopic (exact) mass is 362 g/mol. The van der Waals surface area contributed by atoms with Gasteiger partial charge in [0, 0.05) is 12.2 Å². The first-order valence-electron chi connectivity index (χ1n) is 7.96. The predicted octanol–water partition coefficient (Wildman–Crippen LogP) is 1.55. The van der Waals surface area contributed by atoms with E-state index in [0.717, 1.165) is 5.56 Å². The number of carbonyl (C=O) groups is 1. The summed E-state index contributed by atoms with van der Waals surface area (Å²) in [6.45, 7) is -0.0995. The summed E-state index contributed by atoms with van der Waals surface area (Å²) in [6.07, 6.45) is 0.176. The Hall–Kier alpha value is -2.22. The van der Waals surface area contributed by atoms with E-state index in [2.05, 4.69) is 0 Å². The second kappa shape index (κ2) is 8.75. The molecule has 0 saturated carbocycles. The summed E-state index contributed by atoms with van der Waals surface area (Å²) in [4.78, 5) is 11.6. The lowest BCUT2D eigenvalue weighted by Crippen LogP contribution is -2.33. The van der Waals surface area contributed by atoms with E-state index >= 15 is 0 Å². The van der Waals surface area contributed by atoms with Crippen molar-refractivity contribution < 1.29 is 18.3 Å². The molecule has 0 saturated heterocycles. The Morgan fingerprint density at radius 3 is 2.24 bits per heavy atom. The van der Waals surface area contributed by atoms with Crippen LogP contribution >= 0.6 is 0 Å². The number of carbonyl (C=O) groups excluding carboxylic acids is 1. The Bertz CT molecular complexity index is 790. The van der Waals surface area contributed by atoms with E-state index < -0.39 is 10.0 Å². The van der Waals surface area contributed by atoms with Gasteiger partial charge in [0.1, 0.15) is 0 Å². The van der Waals surface area contributed by atoms with Crippen LogP contribution in [0.1, 0.15) is 22.3 Å². The van der Waals surface area contributed by atoms with Gasteiger partial charge in [-0.1, -0.05) is 42.5 Å². The molecule has 2 rings (SSSR count). The van der Waals surface area contributed by atoms with Crippen LogP contribution in [0.15, 0.2) is 54.6 Å². The summed E-state index contributed by atoms with van der Waals surface area (Å²) >= 11 is 0. The van der Waals surface area contributed by atoms with Gasteiger partial charge in [0.15, 0.2) is 5.78 Å². The van der Waals surface area contributed by atoms with Gasteiger partial charge in [0.25, 0.3) is 0 Å². The van der Waals surface area contributed by atoms with Crippen molar-refractivity contribution in [3.05, 3.63) is 65.7 Å². The topological polar surface area (TPSA) is 101 Å². The van der Waals surface area contributed by atoms with Crippen molar-refractivity contribution in [2.45, 2.75) is 13.0 Å². The van der Waals surface area contributed by atoms with E-state index in [1.54, 1.807) is 48.5 Å². The molecule has 3 N–H and O–H groups in total. The van der Waals surface area contributed by atoms with Crippen LogP contribution in [0.5, 0.6) is 0 Å². The molecular weight excluding hydrogens is 340 g/mol. The second-order valence-electron chi connectivity index (χ2n) is 5.56. The van der Waals surface area contributed by atoms with Gasteiger partial charge in [-0.05, 0) is 24.1 Å². The van der Waals surface area contributed by atoms with Gasteiger partial charge in [-0.3, -0.25) is 9.10 Å². The number of anilines is 1. The number of aliphatic hydroxyl groups excluding tert-OH is 1. The molecule has 0 aliphatic carbocycles. The third-order valence-electron chi connectivity index (χ3n) is 3.73. The number of benzene rings is 2. The maximum Gasteiger partial charge on any atom is 0.235 e. The second-order valence-corrected chi connectivity index (χ2v) is 7.57. The fraction of sp³-hybridized carbons (Fsp3) is 0.278. The minimum absolute atomic E-state index is 0.0645. The van der Waals surface area contributed by atoms with Gasteiger partial charge < -0.3 is 10.8 Å². The number of rotatable bonds is 9. The van der Waals surface area contributed by atoms with Gasteiger partial charge in [-0.15, -0.1) is 0 Å². The highest BCUT2D eigenvalue weighted by molar-refractivity contribution is 7.92. The van der Waals surface area contributed by atoms with E-state index in [1.807, 2.05) is 6.07 Å². The predicted molar refractivity (Wildman–Crippen MR) is 97.9 cm³/mol. The third-order valence-corrected chi connectivity index (χ3v) is 5.54. The number of ketones is 1. The molecule has 2 aromatic carbocycles. The SMILES string of the molecule is NCC(=O)c1ccc(CN(c2ccccc2)S(=O)(=O)CCCO)cc1. The molecule has 0 heterocycles. The standard InChI is InChI=1S/C18H22N2O4S/c19-13-18(22)16-9-7-15(8-10-16)14-20(17-5-2-1-3-6-17)25(23,24)12-4-11-21/h1-3,5-10,21H,4,11-14,19H2. The van der Waals surface area contributed by atoms with E-state index in [9.17, 15) is 13.2 Å². The van der Waals surface area contributed by atoms with E-state index in [0.29, 0.717) is 11.3 Å². The molecule has 7 heteroatoms. The Morgan fingerprint density at radius 1 is 1.04 bits per heavy atom. The zero-order chi connectivity index (χ0) is 18.3. The smallest absolute Gasteiger partial charge is 0.235 e. The summed E-state index contributed by atoms with van der Waals surface area (Å²) in [5.41, 5.74) is 7.16. The van der Waals surface area contributed by atoms with Crippen LogP contribution in [-0.2, 0) is 16.6 Å². The van der Waals surface area contributed by atoms with Crippen LogP contribution in [0.25, 0.3) is 0 Å². The van der Waals surface area contributed by atoms with Gasteiger partial charge in [0.2, 0.25) is 10.0 Å². The average Bonchev–Trinajstić information content (AvgIpc) is 2.65. The van der Waals surface area contributed by atoms with Crippen molar-refractivity contribution in [3.8, 4) is 0 Å². The molecule has 0 aliphatic rings. The number of hydrogen-bond donors (Lipinski definition) is 2. The molecule has 0 aliphatic heterocycles. The van der Waals surface area contributed by atoms with Gasteiger partial charge in [-0.2, -0.15) is 0 Å². The number of aliphatic hydroxyl groups is 1. The highest BCUT2D eigenvalue weighted by Crippen LogP contribution is 2.22. The van der Waals surface area contributed by atoms with Gasteiger partial charge in [-0.25, -0.2) is 8.42 Å². The lowest BCUT2D eigenvalue weighted by atomic mass is 10.1. The first-order valence-corrected chi connectivity index (χ1v) is 9.57. The van der Waals surface area contributed by atoms with Crippen molar-refractivity contribution in [1.82, 2.24) is 0 Å². The number of nitrogens with zero attached hydrogens (tertiary/aromatic N) is 1. The molecule has 2 aromatic rings. The fourth-order valence-corrected chi connectivity index (χ4v) is 3.88. The quantitative estimate of drug-likeness (QED) is 0.659. The summed E-state index contributed by atoms with van der Waals surface area (Å²) < 4.78 is 26.6. The minimum atomic E-state index is -3.58. The molecule has 25 heavy (non-hydrogen) atoms. The molecule has 0 atom stereocenters. The van der Waals surface area contributed by atoms with E-state index in [4.69, 9.17) is 10.8 Å². The van der Waals surface area contributed by atoms with Crippen LogP contribution < -0.4 is 10.0 Å². The van der Waals surface area contributed by atoms with Crippen LogP contribution in [0.2, 0.25) is 0 Å². The van der Waals surface area contributed by atoms with Crippen molar-refractivity contribution in [1.29, 1.82) is 0 Å². The number of sulfonamides is 1. The van der Waals surface area contributed by atoms with Crippen molar-refractivity contribution in [2.75, 3.05) is 23.2 Å². The zero-order valence-corrected chi connectivity index (χ0v) is 14.7. The Kier molecular flexibility index (Phi) is 6.69. The van der Waals surface area contributed by atoms with Crippen molar-refractivity contribution >= 4 is 21.5 Å². The van der Waals surface area contributed by atoms with E-state index in [1.165, 1.54) is 4.31 Å². The normalized spacial score (nSPS) is 11.3. The van der Waals surface area contributed by atoms with Crippen LogP contribution in [0, 0.1) is 0 Å². The zero-order valence-electron chi connectivity index (χ0n) is 13.8. The van der Waals surface area contributed by atoms with E-state index in [-0.39, 0.29) is 37.7 Å². The lowest BCUT2D eigenvalue weighted by Gasteiger charge is -2.24. The van der Waals surface area contributed by atoms with Crippen molar-refractivity contribution in [2.24, 2.45) is 5.73 Å². The molecule has 0 spiro atoms. The number of hydrogen-bond acceptors (Lipinski definition) is 5. The molecule has 0 aromatic heterocycles. The highest BCUT2D eigenvalue weighted by atomic mass is 32.2. The molecule has 0 bridgehead atoms. The maximum atomic E-state index is 12.7. The first kappa shape index (κ1) is 19.1. The molecule has 0 amide bonds. The molecule has 0 radical (unpaired) electrons. The number of para-hydroxylation sites is 1.